The van der Waals surface area contributed by atoms with Crippen LogP contribution in [-0.4, -0.2) is 42.3 Å². The van der Waals surface area contributed by atoms with E-state index < -0.39 is 5.54 Å². The first kappa shape index (κ1) is 17.0. The summed E-state index contributed by atoms with van der Waals surface area (Å²) >= 11 is 0. The number of aliphatic hydroxyl groups is 1. The van der Waals surface area contributed by atoms with E-state index in [1.54, 1.807) is 24.3 Å². The second-order valence-electron chi connectivity index (χ2n) is 6.33. The van der Waals surface area contributed by atoms with Crippen molar-refractivity contribution in [3.8, 4) is 0 Å². The Balaban J connectivity index is 2.13. The second-order valence-corrected chi connectivity index (χ2v) is 6.33. The van der Waals surface area contributed by atoms with Crippen LogP contribution in [0.25, 0.3) is 0 Å². The average Bonchev–Trinajstić information content (AvgIpc) is 2.59. The summed E-state index contributed by atoms with van der Waals surface area (Å²) in [5, 5.41) is 13.8. The maximum absolute atomic E-state index is 13.4. The van der Waals surface area contributed by atoms with Crippen molar-refractivity contribution >= 4 is 0 Å². The van der Waals surface area contributed by atoms with Crippen LogP contribution in [0.5, 0.6) is 0 Å². The molecule has 1 fully saturated rings. The van der Waals surface area contributed by atoms with Gasteiger partial charge in [-0.2, -0.15) is 0 Å². The molecule has 0 radical (unpaired) electrons. The van der Waals surface area contributed by atoms with E-state index in [-0.39, 0.29) is 24.3 Å². The number of piperazine rings is 1. The lowest BCUT2D eigenvalue weighted by Crippen LogP contribution is -2.59. The van der Waals surface area contributed by atoms with Crippen molar-refractivity contribution in [2.45, 2.75) is 18.5 Å². The Labute approximate surface area is 140 Å². The molecular weight excluding hydrogens is 310 g/mol. The summed E-state index contributed by atoms with van der Waals surface area (Å²) in [6, 6.07) is 12.6. The Morgan fingerprint density at radius 2 is 1.54 bits per heavy atom. The van der Waals surface area contributed by atoms with Crippen molar-refractivity contribution in [3.05, 3.63) is 71.3 Å². The van der Waals surface area contributed by atoms with Crippen LogP contribution in [0, 0.1) is 11.6 Å². The van der Waals surface area contributed by atoms with Crippen molar-refractivity contribution in [1.29, 1.82) is 0 Å². The zero-order valence-corrected chi connectivity index (χ0v) is 13.7. The zero-order chi connectivity index (χ0) is 17.2. The summed E-state index contributed by atoms with van der Waals surface area (Å²) in [6.07, 6.45) is 0. The predicted octanol–water partition coefficient (Wildman–Crippen LogP) is 2.49. The Hall–Kier alpha value is -1.82. The van der Waals surface area contributed by atoms with E-state index in [4.69, 9.17) is 0 Å². The molecule has 3 rings (SSSR count). The molecule has 1 aliphatic heterocycles. The quantitative estimate of drug-likeness (QED) is 0.903. The highest BCUT2D eigenvalue weighted by atomic mass is 19.1. The Kier molecular flexibility index (Phi) is 4.94. The molecule has 128 valence electrons. The standard InChI is InChI=1S/C19H22F2N2O/c1-14-12-23(11-10-22-14)19(13-24,15-2-6-17(20)7-3-15)16-4-8-18(21)9-5-16/h2-9,14,22,24H,10-13H2,1H3. The number of halogens is 2. The molecule has 1 atom stereocenters. The summed E-state index contributed by atoms with van der Waals surface area (Å²) in [4.78, 5) is 2.19. The minimum atomic E-state index is -0.822. The first-order valence-electron chi connectivity index (χ1n) is 8.17. The topological polar surface area (TPSA) is 35.5 Å². The van der Waals surface area contributed by atoms with Gasteiger partial charge in [-0.25, -0.2) is 8.78 Å². The van der Waals surface area contributed by atoms with Gasteiger partial charge in [0.1, 0.15) is 11.6 Å². The largest absolute Gasteiger partial charge is 0.394 e. The molecule has 2 aromatic carbocycles. The fourth-order valence-corrected chi connectivity index (χ4v) is 3.54. The van der Waals surface area contributed by atoms with Gasteiger partial charge < -0.3 is 10.4 Å². The Morgan fingerprint density at radius 1 is 1.04 bits per heavy atom. The molecule has 0 aliphatic carbocycles. The maximum atomic E-state index is 13.4. The number of benzene rings is 2. The molecule has 2 aromatic rings. The number of nitrogens with one attached hydrogen (secondary N) is 1. The summed E-state index contributed by atoms with van der Waals surface area (Å²) in [7, 11) is 0. The van der Waals surface area contributed by atoms with E-state index >= 15 is 0 Å². The van der Waals surface area contributed by atoms with Gasteiger partial charge in [-0.15, -0.1) is 0 Å². The highest BCUT2D eigenvalue weighted by Gasteiger charge is 2.41. The van der Waals surface area contributed by atoms with Crippen molar-refractivity contribution < 1.29 is 13.9 Å². The van der Waals surface area contributed by atoms with Gasteiger partial charge in [0.15, 0.2) is 0 Å². The monoisotopic (exact) mass is 332 g/mol. The predicted molar refractivity (Wildman–Crippen MR) is 89.7 cm³/mol. The number of hydrogen-bond donors (Lipinski definition) is 2. The molecule has 3 nitrogen and oxygen atoms in total. The number of aliphatic hydroxyl groups excluding tert-OH is 1. The smallest absolute Gasteiger partial charge is 0.123 e. The van der Waals surface area contributed by atoms with Gasteiger partial charge in [0.05, 0.1) is 12.1 Å². The van der Waals surface area contributed by atoms with E-state index in [0.717, 1.165) is 30.8 Å². The third-order valence-corrected chi connectivity index (χ3v) is 4.78. The third-order valence-electron chi connectivity index (χ3n) is 4.78. The minimum Gasteiger partial charge on any atom is -0.394 e. The van der Waals surface area contributed by atoms with Crippen molar-refractivity contribution in [1.82, 2.24) is 10.2 Å². The van der Waals surface area contributed by atoms with E-state index in [1.165, 1.54) is 24.3 Å². The Bertz CT molecular complexity index is 627. The van der Waals surface area contributed by atoms with E-state index in [0.29, 0.717) is 0 Å². The second kappa shape index (κ2) is 6.97. The lowest BCUT2D eigenvalue weighted by molar-refractivity contribution is 0.0364. The number of rotatable bonds is 4. The highest BCUT2D eigenvalue weighted by Crippen LogP contribution is 2.36. The molecule has 0 bridgehead atoms. The number of nitrogens with zero attached hydrogens (tertiary/aromatic N) is 1. The van der Waals surface area contributed by atoms with Gasteiger partial charge in [-0.1, -0.05) is 24.3 Å². The molecule has 0 aromatic heterocycles. The molecule has 1 unspecified atom stereocenters. The van der Waals surface area contributed by atoms with Gasteiger partial charge in [0.2, 0.25) is 0 Å². The van der Waals surface area contributed by atoms with Crippen LogP contribution in [0.4, 0.5) is 8.78 Å². The van der Waals surface area contributed by atoms with Crippen LogP contribution in [-0.2, 0) is 5.54 Å². The van der Waals surface area contributed by atoms with Crippen LogP contribution in [0.3, 0.4) is 0 Å². The van der Waals surface area contributed by atoms with Crippen LogP contribution in [0.1, 0.15) is 18.1 Å². The van der Waals surface area contributed by atoms with Gasteiger partial charge >= 0.3 is 0 Å². The maximum Gasteiger partial charge on any atom is 0.123 e. The summed E-state index contributed by atoms with van der Waals surface area (Å²) < 4.78 is 26.8. The average molecular weight is 332 g/mol. The molecular formula is C19H22F2N2O. The van der Waals surface area contributed by atoms with Gasteiger partial charge in [0, 0.05) is 25.7 Å². The van der Waals surface area contributed by atoms with E-state index in [9.17, 15) is 13.9 Å². The minimum absolute atomic E-state index is 0.170. The van der Waals surface area contributed by atoms with Crippen LogP contribution >= 0.6 is 0 Å². The van der Waals surface area contributed by atoms with E-state index in [2.05, 4.69) is 17.1 Å². The van der Waals surface area contributed by atoms with E-state index in [1.807, 2.05) is 0 Å². The van der Waals surface area contributed by atoms with Crippen molar-refractivity contribution in [3.63, 3.8) is 0 Å². The molecule has 1 heterocycles. The lowest BCUT2D eigenvalue weighted by atomic mass is 9.81. The fourth-order valence-electron chi connectivity index (χ4n) is 3.54. The zero-order valence-electron chi connectivity index (χ0n) is 13.7. The molecule has 24 heavy (non-hydrogen) atoms. The first-order chi connectivity index (χ1) is 11.6. The first-order valence-corrected chi connectivity index (χ1v) is 8.17. The summed E-state index contributed by atoms with van der Waals surface area (Å²) in [6.45, 7) is 4.18. The SMILES string of the molecule is CC1CN(C(CO)(c2ccc(F)cc2)c2ccc(F)cc2)CCN1. The number of hydrogen-bond acceptors (Lipinski definition) is 3. The molecule has 0 saturated carbocycles. The van der Waals surface area contributed by atoms with Crippen LogP contribution < -0.4 is 5.32 Å². The van der Waals surface area contributed by atoms with Crippen molar-refractivity contribution in [2.24, 2.45) is 0 Å². The van der Waals surface area contributed by atoms with Gasteiger partial charge in [-0.05, 0) is 42.3 Å². The highest BCUT2D eigenvalue weighted by molar-refractivity contribution is 5.39. The molecule has 1 aliphatic rings. The molecule has 1 saturated heterocycles. The summed E-state index contributed by atoms with van der Waals surface area (Å²) in [5.74, 6) is -0.642. The van der Waals surface area contributed by atoms with Gasteiger partial charge in [-0.3, -0.25) is 4.90 Å². The Morgan fingerprint density at radius 3 is 1.96 bits per heavy atom. The lowest BCUT2D eigenvalue weighted by Gasteiger charge is -2.47. The third kappa shape index (κ3) is 3.07. The summed E-state index contributed by atoms with van der Waals surface area (Å²) in [5.41, 5.74) is 0.775. The molecule has 2 N–H and O–H groups in total. The molecule has 0 amide bonds. The molecule has 0 spiro atoms. The van der Waals surface area contributed by atoms with Gasteiger partial charge in [0.25, 0.3) is 0 Å². The van der Waals surface area contributed by atoms with Crippen LogP contribution in [0.2, 0.25) is 0 Å². The van der Waals surface area contributed by atoms with Crippen LogP contribution in [0.15, 0.2) is 48.5 Å². The fraction of sp³-hybridized carbons (Fsp3) is 0.368. The van der Waals surface area contributed by atoms with Crippen molar-refractivity contribution in [2.75, 3.05) is 26.2 Å². The normalized spacial score (nSPS) is 19.4. The molecule has 5 heteroatoms.